The molecule has 126 valence electrons. The van der Waals surface area contributed by atoms with E-state index >= 15 is 0 Å². The van der Waals surface area contributed by atoms with Crippen molar-refractivity contribution in [2.75, 3.05) is 51.3 Å². The zero-order chi connectivity index (χ0) is 16.1. The lowest BCUT2D eigenvalue weighted by Gasteiger charge is -2.30. The molecule has 7 nitrogen and oxygen atoms in total. The lowest BCUT2D eigenvalue weighted by Crippen LogP contribution is -2.45. The van der Waals surface area contributed by atoms with Crippen LogP contribution < -0.4 is 5.32 Å². The van der Waals surface area contributed by atoms with Gasteiger partial charge in [-0.25, -0.2) is 0 Å². The predicted octanol–water partition coefficient (Wildman–Crippen LogP) is 0.686. The van der Waals surface area contributed by atoms with Gasteiger partial charge in [0.1, 0.15) is 5.60 Å². The maximum Gasteiger partial charge on any atom is 0.317 e. The number of carboxylic acids is 1. The molecule has 2 aliphatic heterocycles. The summed E-state index contributed by atoms with van der Waals surface area (Å²) in [5, 5.41) is 12.4. The second kappa shape index (κ2) is 7.25. The van der Waals surface area contributed by atoms with E-state index in [9.17, 15) is 4.79 Å². The van der Waals surface area contributed by atoms with Crippen molar-refractivity contribution in [3.8, 4) is 0 Å². The summed E-state index contributed by atoms with van der Waals surface area (Å²) in [6.45, 7) is 3.85. The van der Waals surface area contributed by atoms with E-state index in [4.69, 9.17) is 14.6 Å². The van der Waals surface area contributed by atoms with Crippen LogP contribution in [0.25, 0.3) is 0 Å². The second-order valence-corrected chi connectivity index (χ2v) is 6.34. The number of carboxylic acid groups (broad SMARTS) is 1. The third kappa shape index (κ3) is 4.40. The van der Waals surface area contributed by atoms with Crippen LogP contribution in [0.1, 0.15) is 6.42 Å². The lowest BCUT2D eigenvalue weighted by molar-refractivity contribution is -0.139. The van der Waals surface area contributed by atoms with Crippen LogP contribution >= 0.6 is 0 Å². The molecule has 0 bridgehead atoms. The Balaban J connectivity index is 1.55. The number of hydrogen-bond acceptors (Lipinski definition) is 6. The van der Waals surface area contributed by atoms with E-state index in [2.05, 4.69) is 10.3 Å². The molecule has 7 heteroatoms. The number of nitrogens with zero attached hydrogens (tertiary/aromatic N) is 2. The third-order valence-corrected chi connectivity index (χ3v) is 4.33. The lowest BCUT2D eigenvalue weighted by atomic mass is 9.94. The molecule has 0 unspecified atom stereocenters. The van der Waals surface area contributed by atoms with Crippen LogP contribution in [0, 0.1) is 5.92 Å². The molecule has 0 aromatic carbocycles. The van der Waals surface area contributed by atoms with Gasteiger partial charge in [-0.3, -0.25) is 14.7 Å². The van der Waals surface area contributed by atoms with E-state index < -0.39 is 5.97 Å². The number of hydrogen-bond donors (Lipinski definition) is 2. The summed E-state index contributed by atoms with van der Waals surface area (Å²) < 4.78 is 11.7. The molecular weight excluding hydrogens is 298 g/mol. The van der Waals surface area contributed by atoms with Gasteiger partial charge in [0.2, 0.25) is 0 Å². The van der Waals surface area contributed by atoms with Gasteiger partial charge >= 0.3 is 5.97 Å². The Labute approximate surface area is 135 Å². The Morgan fingerprint density at radius 1 is 1.57 bits per heavy atom. The normalized spacial score (nSPS) is 28.6. The Kier molecular flexibility index (Phi) is 5.09. The standard InChI is InChI=1S/C16H23N3O4/c20-15(21)9-19-4-5-22-12-16(11-19)6-13(10-23-16)7-18-14-2-1-3-17-8-14/h1-3,8,13,18H,4-7,9-12H2,(H,20,21)/t13-,16+/m0/s1. The largest absolute Gasteiger partial charge is 0.480 e. The molecule has 2 atom stereocenters. The molecule has 0 radical (unpaired) electrons. The van der Waals surface area contributed by atoms with Gasteiger partial charge in [0, 0.05) is 37.9 Å². The van der Waals surface area contributed by atoms with Crippen LogP contribution in [0.4, 0.5) is 5.69 Å². The third-order valence-electron chi connectivity index (χ3n) is 4.33. The zero-order valence-corrected chi connectivity index (χ0v) is 13.1. The van der Waals surface area contributed by atoms with E-state index in [1.807, 2.05) is 17.0 Å². The van der Waals surface area contributed by atoms with Gasteiger partial charge in [0.15, 0.2) is 0 Å². The van der Waals surface area contributed by atoms with Gasteiger partial charge in [0.05, 0.1) is 32.1 Å². The van der Waals surface area contributed by atoms with E-state index in [1.54, 1.807) is 12.4 Å². The number of anilines is 1. The molecule has 0 saturated carbocycles. The Morgan fingerprint density at radius 2 is 2.48 bits per heavy atom. The minimum atomic E-state index is -0.810. The summed E-state index contributed by atoms with van der Waals surface area (Å²) in [4.78, 5) is 17.0. The predicted molar refractivity (Wildman–Crippen MR) is 84.4 cm³/mol. The first-order valence-electron chi connectivity index (χ1n) is 7.95. The first kappa shape index (κ1) is 16.2. The zero-order valence-electron chi connectivity index (χ0n) is 13.1. The highest BCUT2D eigenvalue weighted by Crippen LogP contribution is 2.32. The Hall–Kier alpha value is -1.70. The summed E-state index contributed by atoms with van der Waals surface area (Å²) in [6.07, 6.45) is 4.42. The summed E-state index contributed by atoms with van der Waals surface area (Å²) in [5.74, 6) is -0.432. The number of nitrogens with one attached hydrogen (secondary N) is 1. The second-order valence-electron chi connectivity index (χ2n) is 6.34. The van der Waals surface area contributed by atoms with Gasteiger partial charge in [0.25, 0.3) is 0 Å². The minimum absolute atomic E-state index is 0.0348. The van der Waals surface area contributed by atoms with Crippen LogP contribution in [0.15, 0.2) is 24.5 Å². The first-order valence-corrected chi connectivity index (χ1v) is 7.95. The SMILES string of the molecule is O=C(O)CN1CCOC[C@@]2(C[C@@H](CNc3cccnc3)CO2)C1. The van der Waals surface area contributed by atoms with Crippen LogP contribution in [-0.4, -0.2) is 72.6 Å². The molecule has 1 aromatic rings. The summed E-state index contributed by atoms with van der Waals surface area (Å²) in [6, 6.07) is 3.89. The highest BCUT2D eigenvalue weighted by atomic mass is 16.5. The first-order chi connectivity index (χ1) is 11.2. The van der Waals surface area contributed by atoms with Crippen LogP contribution in [0.3, 0.4) is 0 Å². The van der Waals surface area contributed by atoms with Gasteiger partial charge in [-0.1, -0.05) is 0 Å². The van der Waals surface area contributed by atoms with Crippen molar-refractivity contribution in [1.82, 2.24) is 9.88 Å². The average molecular weight is 321 g/mol. The van der Waals surface area contributed by atoms with Crippen molar-refractivity contribution < 1.29 is 19.4 Å². The molecule has 2 saturated heterocycles. The maximum absolute atomic E-state index is 11.0. The van der Waals surface area contributed by atoms with Crippen molar-refractivity contribution in [3.05, 3.63) is 24.5 Å². The monoisotopic (exact) mass is 321 g/mol. The van der Waals surface area contributed by atoms with E-state index in [1.165, 1.54) is 0 Å². The highest BCUT2D eigenvalue weighted by molar-refractivity contribution is 5.69. The van der Waals surface area contributed by atoms with Crippen molar-refractivity contribution in [2.24, 2.45) is 5.92 Å². The number of carbonyl (C=O) groups is 1. The van der Waals surface area contributed by atoms with E-state index in [0.717, 1.165) is 18.7 Å². The summed E-state index contributed by atoms with van der Waals surface area (Å²) in [5.41, 5.74) is 0.617. The fraction of sp³-hybridized carbons (Fsp3) is 0.625. The fourth-order valence-electron chi connectivity index (χ4n) is 3.32. The van der Waals surface area contributed by atoms with Crippen molar-refractivity contribution >= 4 is 11.7 Å². The molecule has 3 heterocycles. The molecule has 2 aliphatic rings. The molecule has 0 amide bonds. The minimum Gasteiger partial charge on any atom is -0.480 e. The molecule has 1 aromatic heterocycles. The topological polar surface area (TPSA) is 83.9 Å². The average Bonchev–Trinajstić information content (AvgIpc) is 2.82. The quantitative estimate of drug-likeness (QED) is 0.825. The number of aliphatic carboxylic acids is 1. The van der Waals surface area contributed by atoms with Gasteiger partial charge < -0.3 is 19.9 Å². The van der Waals surface area contributed by atoms with Crippen LogP contribution in [0.2, 0.25) is 0 Å². The highest BCUT2D eigenvalue weighted by Gasteiger charge is 2.43. The Bertz CT molecular complexity index is 527. The van der Waals surface area contributed by atoms with Crippen molar-refractivity contribution in [2.45, 2.75) is 12.0 Å². The molecule has 23 heavy (non-hydrogen) atoms. The number of rotatable bonds is 5. The molecule has 1 spiro atoms. The smallest absolute Gasteiger partial charge is 0.317 e. The number of pyridine rings is 1. The summed E-state index contributed by atoms with van der Waals surface area (Å²) in [7, 11) is 0. The number of ether oxygens (including phenoxy) is 2. The van der Waals surface area contributed by atoms with E-state index in [-0.39, 0.29) is 12.1 Å². The van der Waals surface area contributed by atoms with E-state index in [0.29, 0.717) is 38.8 Å². The van der Waals surface area contributed by atoms with Crippen LogP contribution in [0.5, 0.6) is 0 Å². The maximum atomic E-state index is 11.0. The Morgan fingerprint density at radius 3 is 3.26 bits per heavy atom. The van der Waals surface area contributed by atoms with Gasteiger partial charge in [-0.2, -0.15) is 0 Å². The summed E-state index contributed by atoms with van der Waals surface area (Å²) >= 11 is 0. The van der Waals surface area contributed by atoms with Crippen molar-refractivity contribution in [3.63, 3.8) is 0 Å². The van der Waals surface area contributed by atoms with Crippen LogP contribution in [-0.2, 0) is 14.3 Å². The number of aromatic nitrogens is 1. The molecular formula is C16H23N3O4. The molecule has 2 N–H and O–H groups in total. The molecule has 3 rings (SSSR count). The van der Waals surface area contributed by atoms with Gasteiger partial charge in [-0.05, 0) is 18.6 Å². The van der Waals surface area contributed by atoms with Crippen molar-refractivity contribution in [1.29, 1.82) is 0 Å². The molecule has 2 fully saturated rings. The fourth-order valence-corrected chi connectivity index (χ4v) is 3.32. The van der Waals surface area contributed by atoms with Gasteiger partial charge in [-0.15, -0.1) is 0 Å². The molecule has 0 aliphatic carbocycles.